The molecule has 1 N–H and O–H groups in total. The smallest absolute Gasteiger partial charge is 0.165 e. The number of halogens is 1. The molecule has 0 bridgehead atoms. The maximum atomic E-state index is 8.93. The van der Waals surface area contributed by atoms with Gasteiger partial charge in [0.2, 0.25) is 0 Å². The van der Waals surface area contributed by atoms with Crippen LogP contribution in [0.4, 0.5) is 0 Å². The summed E-state index contributed by atoms with van der Waals surface area (Å²) in [7, 11) is 0. The second-order valence-corrected chi connectivity index (χ2v) is 2.98. The molecule has 0 aromatic carbocycles. The van der Waals surface area contributed by atoms with E-state index in [1.165, 1.54) is 0 Å². The van der Waals surface area contributed by atoms with E-state index in [1.54, 1.807) is 17.4 Å². The van der Waals surface area contributed by atoms with Crippen LogP contribution in [0.3, 0.4) is 0 Å². The van der Waals surface area contributed by atoms with Crippen molar-refractivity contribution >= 4 is 17.2 Å². The standard InChI is InChI=1S/C7H7ClN4O/c1-4-9-5(8)2-6-10-11-7(3-13)12(4)6/h2,13H,3H2,1H3. The summed E-state index contributed by atoms with van der Waals surface area (Å²) in [5.41, 5.74) is 0.599. The first-order valence-electron chi connectivity index (χ1n) is 3.70. The lowest BCUT2D eigenvalue weighted by atomic mass is 10.5. The van der Waals surface area contributed by atoms with E-state index in [9.17, 15) is 0 Å². The highest BCUT2D eigenvalue weighted by Gasteiger charge is 2.07. The van der Waals surface area contributed by atoms with Gasteiger partial charge in [0.15, 0.2) is 11.5 Å². The van der Waals surface area contributed by atoms with Crippen LogP contribution in [-0.4, -0.2) is 24.7 Å². The van der Waals surface area contributed by atoms with Crippen molar-refractivity contribution in [2.45, 2.75) is 13.5 Å². The molecule has 2 aromatic rings. The average Bonchev–Trinajstić information content (AvgIpc) is 2.47. The zero-order valence-corrected chi connectivity index (χ0v) is 7.65. The van der Waals surface area contributed by atoms with E-state index in [4.69, 9.17) is 16.7 Å². The fourth-order valence-electron chi connectivity index (χ4n) is 1.22. The Kier molecular flexibility index (Phi) is 1.90. The normalized spacial score (nSPS) is 11.0. The Bertz CT molecular complexity index is 453. The summed E-state index contributed by atoms with van der Waals surface area (Å²) in [6.07, 6.45) is 0. The van der Waals surface area contributed by atoms with Gasteiger partial charge >= 0.3 is 0 Å². The first-order chi connectivity index (χ1) is 6.22. The summed E-state index contributed by atoms with van der Waals surface area (Å²) >= 11 is 5.72. The van der Waals surface area contributed by atoms with Crippen LogP contribution in [-0.2, 0) is 6.61 Å². The van der Waals surface area contributed by atoms with Crippen LogP contribution in [0.5, 0.6) is 0 Å². The number of rotatable bonds is 1. The molecular weight excluding hydrogens is 192 g/mol. The molecule has 2 aromatic heterocycles. The third kappa shape index (κ3) is 1.26. The van der Waals surface area contributed by atoms with Crippen LogP contribution >= 0.6 is 11.6 Å². The van der Waals surface area contributed by atoms with Gasteiger partial charge in [0.05, 0.1) is 0 Å². The first-order valence-corrected chi connectivity index (χ1v) is 4.08. The molecule has 5 nitrogen and oxygen atoms in total. The second kappa shape index (κ2) is 2.93. The minimum absolute atomic E-state index is 0.161. The minimum Gasteiger partial charge on any atom is -0.388 e. The number of fused-ring (bicyclic) bond motifs is 1. The van der Waals surface area contributed by atoms with Crippen LogP contribution in [0.1, 0.15) is 11.6 Å². The second-order valence-electron chi connectivity index (χ2n) is 2.59. The topological polar surface area (TPSA) is 63.3 Å². The molecule has 0 unspecified atom stereocenters. The van der Waals surface area contributed by atoms with Gasteiger partial charge in [0, 0.05) is 6.07 Å². The molecule has 0 saturated heterocycles. The van der Waals surface area contributed by atoms with Gasteiger partial charge in [-0.2, -0.15) is 0 Å². The van der Waals surface area contributed by atoms with Crippen LogP contribution in [0.25, 0.3) is 5.65 Å². The quantitative estimate of drug-likeness (QED) is 0.681. The van der Waals surface area contributed by atoms with E-state index in [0.29, 0.717) is 22.4 Å². The van der Waals surface area contributed by atoms with Gasteiger partial charge in [-0.25, -0.2) is 4.98 Å². The summed E-state index contributed by atoms with van der Waals surface area (Å²) < 4.78 is 1.66. The van der Waals surface area contributed by atoms with E-state index >= 15 is 0 Å². The third-order valence-electron chi connectivity index (χ3n) is 1.74. The van der Waals surface area contributed by atoms with E-state index in [-0.39, 0.29) is 6.61 Å². The van der Waals surface area contributed by atoms with Gasteiger partial charge in [-0.15, -0.1) is 10.2 Å². The number of hydrogen-bond donors (Lipinski definition) is 1. The number of hydrogen-bond acceptors (Lipinski definition) is 4. The van der Waals surface area contributed by atoms with Crippen molar-refractivity contribution in [2.24, 2.45) is 0 Å². The Morgan fingerprint density at radius 3 is 3.00 bits per heavy atom. The highest BCUT2D eigenvalue weighted by molar-refractivity contribution is 6.29. The maximum Gasteiger partial charge on any atom is 0.165 e. The molecule has 0 atom stereocenters. The minimum atomic E-state index is -0.161. The molecule has 68 valence electrons. The number of aromatic nitrogens is 4. The molecule has 2 rings (SSSR count). The zero-order chi connectivity index (χ0) is 9.42. The number of nitrogens with zero attached hydrogens (tertiary/aromatic N) is 4. The summed E-state index contributed by atoms with van der Waals surface area (Å²) in [6.45, 7) is 1.62. The average molecular weight is 199 g/mol. The molecule has 0 spiro atoms. The van der Waals surface area contributed by atoms with E-state index in [2.05, 4.69) is 15.2 Å². The van der Waals surface area contributed by atoms with Crippen LogP contribution < -0.4 is 0 Å². The van der Waals surface area contributed by atoms with Crippen molar-refractivity contribution in [1.29, 1.82) is 0 Å². The molecule has 13 heavy (non-hydrogen) atoms. The van der Waals surface area contributed by atoms with E-state index in [0.717, 1.165) is 0 Å². The van der Waals surface area contributed by atoms with Crippen molar-refractivity contribution in [3.8, 4) is 0 Å². The molecule has 0 aliphatic rings. The molecule has 0 amide bonds. The molecule has 0 fully saturated rings. The van der Waals surface area contributed by atoms with Gasteiger partial charge < -0.3 is 5.11 Å². The van der Waals surface area contributed by atoms with Gasteiger partial charge in [0.25, 0.3) is 0 Å². The Labute approximate surface area is 79.0 Å². The number of aliphatic hydroxyl groups excluding tert-OH is 1. The largest absolute Gasteiger partial charge is 0.388 e. The maximum absolute atomic E-state index is 8.93. The number of aryl methyl sites for hydroxylation is 1. The van der Waals surface area contributed by atoms with Crippen molar-refractivity contribution < 1.29 is 5.11 Å². The lowest BCUT2D eigenvalue weighted by molar-refractivity contribution is 0.269. The summed E-state index contributed by atoms with van der Waals surface area (Å²) in [4.78, 5) is 4.02. The predicted octanol–water partition coefficient (Wildman–Crippen LogP) is 0.578. The van der Waals surface area contributed by atoms with Crippen molar-refractivity contribution in [3.63, 3.8) is 0 Å². The zero-order valence-electron chi connectivity index (χ0n) is 6.90. The monoisotopic (exact) mass is 198 g/mol. The van der Waals surface area contributed by atoms with Gasteiger partial charge in [-0.05, 0) is 6.92 Å². The van der Waals surface area contributed by atoms with E-state index in [1.807, 2.05) is 0 Å². The van der Waals surface area contributed by atoms with Gasteiger partial charge in [0.1, 0.15) is 17.6 Å². The molecule has 0 aliphatic heterocycles. The SMILES string of the molecule is Cc1nc(Cl)cc2nnc(CO)n12. The fraction of sp³-hybridized carbons (Fsp3) is 0.286. The van der Waals surface area contributed by atoms with Crippen molar-refractivity contribution in [1.82, 2.24) is 19.6 Å². The Morgan fingerprint density at radius 1 is 1.54 bits per heavy atom. The number of aliphatic hydroxyl groups is 1. The van der Waals surface area contributed by atoms with Gasteiger partial charge in [-0.3, -0.25) is 4.40 Å². The van der Waals surface area contributed by atoms with Crippen molar-refractivity contribution in [2.75, 3.05) is 0 Å². The highest BCUT2D eigenvalue weighted by Crippen LogP contribution is 2.11. The molecular formula is C7H7ClN4O. The molecule has 6 heteroatoms. The van der Waals surface area contributed by atoms with Gasteiger partial charge in [-0.1, -0.05) is 11.6 Å². The Balaban J connectivity index is 2.82. The van der Waals surface area contributed by atoms with Crippen LogP contribution in [0.2, 0.25) is 5.15 Å². The molecule has 0 saturated carbocycles. The highest BCUT2D eigenvalue weighted by atomic mass is 35.5. The summed E-state index contributed by atoms with van der Waals surface area (Å²) in [6, 6.07) is 1.60. The van der Waals surface area contributed by atoms with Crippen molar-refractivity contribution in [3.05, 3.63) is 22.9 Å². The molecule has 0 radical (unpaired) electrons. The Morgan fingerprint density at radius 2 is 2.31 bits per heavy atom. The van der Waals surface area contributed by atoms with E-state index < -0.39 is 0 Å². The first kappa shape index (κ1) is 8.40. The third-order valence-corrected chi connectivity index (χ3v) is 1.93. The molecule has 0 aliphatic carbocycles. The lowest BCUT2D eigenvalue weighted by Gasteiger charge is -2.00. The Hall–Kier alpha value is -1.20. The summed E-state index contributed by atoms with van der Waals surface area (Å²) in [5, 5.41) is 16.9. The molecule has 2 heterocycles. The predicted molar refractivity (Wildman–Crippen MR) is 46.5 cm³/mol. The van der Waals surface area contributed by atoms with Crippen LogP contribution in [0, 0.1) is 6.92 Å². The van der Waals surface area contributed by atoms with Crippen LogP contribution in [0.15, 0.2) is 6.07 Å². The fourth-order valence-corrected chi connectivity index (χ4v) is 1.44. The summed E-state index contributed by atoms with van der Waals surface area (Å²) in [5.74, 6) is 1.13. The lowest BCUT2D eigenvalue weighted by Crippen LogP contribution is -2.00.